The van der Waals surface area contributed by atoms with Crippen molar-refractivity contribution >= 4 is 42.5 Å². The minimum Gasteiger partial charge on any atom is -0.410 e. The number of anilines is 1. The highest BCUT2D eigenvalue weighted by Gasteiger charge is 2.58. The van der Waals surface area contributed by atoms with Gasteiger partial charge in [0.1, 0.15) is 6.10 Å². The Hall–Kier alpha value is -0.523. The van der Waals surface area contributed by atoms with Crippen LogP contribution in [-0.2, 0) is 24.3 Å². The molecule has 0 aliphatic carbocycles. The minimum absolute atomic E-state index is 0.261. The number of hydrogen-bond acceptors (Lipinski definition) is 5. The first-order valence-corrected chi connectivity index (χ1v) is 12.8. The van der Waals surface area contributed by atoms with Gasteiger partial charge in [-0.25, -0.2) is 0 Å². The van der Waals surface area contributed by atoms with Gasteiger partial charge < -0.3 is 24.3 Å². The molecule has 0 saturated carbocycles. The summed E-state index contributed by atoms with van der Waals surface area (Å²) in [6, 6.07) is 5.47. The van der Waals surface area contributed by atoms with E-state index in [2.05, 4.69) is 47.5 Å². The number of hydrogen-bond donors (Lipinski definition) is 2. The van der Waals surface area contributed by atoms with Crippen LogP contribution in [0.2, 0.25) is 19.6 Å². The van der Waals surface area contributed by atoms with Crippen LogP contribution in [0.3, 0.4) is 0 Å². The van der Waals surface area contributed by atoms with Gasteiger partial charge in [0.2, 0.25) is 0 Å². The van der Waals surface area contributed by atoms with Gasteiger partial charge >= 0.3 is 0 Å². The summed E-state index contributed by atoms with van der Waals surface area (Å²) in [5, 5.41) is 14.3. The molecule has 2 aliphatic heterocycles. The van der Waals surface area contributed by atoms with Gasteiger partial charge in [-0.3, -0.25) is 4.79 Å². The molecule has 6 nitrogen and oxygen atoms in total. The summed E-state index contributed by atoms with van der Waals surface area (Å²) < 4.78 is 18.9. The number of fused-ring (bicyclic) bond motifs is 1. The van der Waals surface area contributed by atoms with Crippen LogP contribution in [0.5, 0.6) is 0 Å². The van der Waals surface area contributed by atoms with Gasteiger partial charge in [-0.15, -0.1) is 0 Å². The lowest BCUT2D eigenvalue weighted by Gasteiger charge is -2.47. The van der Waals surface area contributed by atoms with E-state index in [9.17, 15) is 9.90 Å². The molecular formula is C17H24INO5Si. The van der Waals surface area contributed by atoms with Crippen LogP contribution in [0.15, 0.2) is 18.2 Å². The van der Waals surface area contributed by atoms with Crippen molar-refractivity contribution in [2.24, 2.45) is 0 Å². The molecule has 138 valence electrons. The maximum atomic E-state index is 12.8. The second kappa shape index (κ2) is 6.27. The van der Waals surface area contributed by atoms with Crippen molar-refractivity contribution in [3.05, 3.63) is 27.3 Å². The van der Waals surface area contributed by atoms with E-state index in [1.807, 2.05) is 12.1 Å². The molecule has 0 spiro atoms. The number of rotatable bonds is 3. The Morgan fingerprint density at radius 1 is 1.36 bits per heavy atom. The molecule has 3 atom stereocenters. The van der Waals surface area contributed by atoms with E-state index >= 15 is 0 Å². The highest BCUT2D eigenvalue weighted by molar-refractivity contribution is 14.1. The van der Waals surface area contributed by atoms with Crippen LogP contribution < -0.4 is 5.32 Å². The fourth-order valence-corrected chi connectivity index (χ4v) is 5.01. The van der Waals surface area contributed by atoms with Gasteiger partial charge in [-0.05, 0) is 62.1 Å². The Bertz CT molecular complexity index is 705. The van der Waals surface area contributed by atoms with E-state index in [0.29, 0.717) is 11.3 Å². The quantitative estimate of drug-likeness (QED) is 0.518. The summed E-state index contributed by atoms with van der Waals surface area (Å²) in [6.45, 7) is 9.97. The van der Waals surface area contributed by atoms with Crippen LogP contribution in [0, 0.1) is 3.57 Å². The number of ether oxygens (including phenoxy) is 2. The summed E-state index contributed by atoms with van der Waals surface area (Å²) in [4.78, 5) is 12.8. The van der Waals surface area contributed by atoms with Gasteiger partial charge in [-0.1, -0.05) is 12.1 Å². The maximum absolute atomic E-state index is 12.8. The monoisotopic (exact) mass is 477 g/mol. The van der Waals surface area contributed by atoms with Crippen molar-refractivity contribution in [1.82, 2.24) is 0 Å². The molecule has 1 aromatic carbocycles. The molecule has 2 heterocycles. The van der Waals surface area contributed by atoms with Crippen LogP contribution in [0.1, 0.15) is 19.4 Å². The fraction of sp³-hybridized carbons (Fsp3) is 0.588. The van der Waals surface area contributed by atoms with E-state index in [4.69, 9.17) is 13.9 Å². The number of benzene rings is 1. The zero-order valence-electron chi connectivity index (χ0n) is 15.1. The van der Waals surface area contributed by atoms with E-state index < -0.39 is 37.8 Å². The molecule has 2 N–H and O–H groups in total. The average molecular weight is 477 g/mol. The van der Waals surface area contributed by atoms with Crippen LogP contribution in [-0.4, -0.2) is 43.9 Å². The van der Waals surface area contributed by atoms with Crippen molar-refractivity contribution in [3.63, 3.8) is 0 Å². The molecular weight excluding hydrogens is 453 g/mol. The molecule has 0 radical (unpaired) electrons. The second-order valence-electron chi connectivity index (χ2n) is 7.90. The lowest BCUT2D eigenvalue weighted by molar-refractivity contribution is -0.327. The molecule has 0 bridgehead atoms. The highest BCUT2D eigenvalue weighted by Crippen LogP contribution is 2.45. The smallest absolute Gasteiger partial charge is 0.264 e. The van der Waals surface area contributed by atoms with E-state index in [1.165, 1.54) is 0 Å². The number of halogens is 1. The molecule has 3 rings (SSSR count). The molecule has 1 saturated heterocycles. The Morgan fingerprint density at radius 2 is 2.04 bits per heavy atom. The Labute approximate surface area is 162 Å². The van der Waals surface area contributed by atoms with Gasteiger partial charge in [0, 0.05) is 9.13 Å². The second-order valence-corrected chi connectivity index (χ2v) is 13.5. The lowest BCUT2D eigenvalue weighted by atomic mass is 9.85. The minimum atomic E-state index is -1.95. The summed E-state index contributed by atoms with van der Waals surface area (Å²) >= 11 is 2.14. The average Bonchev–Trinajstić information content (AvgIpc) is 2.74. The zero-order chi connectivity index (χ0) is 18.6. The molecule has 1 fully saturated rings. The van der Waals surface area contributed by atoms with Crippen LogP contribution >= 0.6 is 22.6 Å². The number of carbonyl (C=O) groups excluding carboxylic acids is 1. The molecule has 25 heavy (non-hydrogen) atoms. The van der Waals surface area contributed by atoms with Gasteiger partial charge in [0.25, 0.3) is 5.91 Å². The first-order chi connectivity index (χ1) is 11.4. The third kappa shape index (κ3) is 3.52. The Morgan fingerprint density at radius 3 is 2.68 bits per heavy atom. The van der Waals surface area contributed by atoms with Crippen molar-refractivity contribution < 1.29 is 23.8 Å². The Balaban J connectivity index is 2.06. The van der Waals surface area contributed by atoms with Gasteiger partial charge in [-0.2, -0.15) is 0 Å². The number of amides is 1. The third-order valence-corrected chi connectivity index (χ3v) is 6.18. The SMILES string of the molecule is CC1(C)OCC(O[Si](C)(C)C)[C@@H]([C@]2(O)C(=O)Nc3c(I)cccc32)O1. The summed E-state index contributed by atoms with van der Waals surface area (Å²) in [5.74, 6) is -1.40. The standard InChI is InChI=1S/C17H24INO5Si/c1-16(2)22-9-12(24-25(3,4)5)14(23-16)17(21)10-7-6-8-11(18)13(10)19-15(17)20/h6-8,12,14,21H,9H2,1-5H3,(H,19,20)/t12?,14-,17-/m0/s1. The van der Waals surface area contributed by atoms with E-state index in [-0.39, 0.29) is 6.61 Å². The van der Waals surface area contributed by atoms with Gasteiger partial charge in [0.15, 0.2) is 19.7 Å². The van der Waals surface area contributed by atoms with Crippen molar-refractivity contribution in [2.45, 2.75) is 57.1 Å². The van der Waals surface area contributed by atoms with Crippen LogP contribution in [0.4, 0.5) is 5.69 Å². The van der Waals surface area contributed by atoms with Crippen molar-refractivity contribution in [1.29, 1.82) is 0 Å². The topological polar surface area (TPSA) is 77.0 Å². The molecule has 1 unspecified atom stereocenters. The van der Waals surface area contributed by atoms with Gasteiger partial charge in [0.05, 0.1) is 18.4 Å². The van der Waals surface area contributed by atoms with Crippen molar-refractivity contribution in [2.75, 3.05) is 11.9 Å². The Kier molecular flexibility index (Phi) is 4.83. The first-order valence-electron chi connectivity index (χ1n) is 8.26. The molecule has 1 aromatic rings. The molecule has 0 aromatic heterocycles. The van der Waals surface area contributed by atoms with E-state index in [0.717, 1.165) is 3.57 Å². The summed E-state index contributed by atoms with van der Waals surface area (Å²) in [7, 11) is -1.95. The molecule has 1 amide bonds. The lowest BCUT2D eigenvalue weighted by Crippen LogP contribution is -2.62. The number of para-hydroxylation sites is 1. The third-order valence-electron chi connectivity index (χ3n) is 4.27. The number of carbonyl (C=O) groups is 1. The summed E-state index contributed by atoms with van der Waals surface area (Å²) in [6.07, 6.45) is -1.39. The van der Waals surface area contributed by atoms with Crippen LogP contribution in [0.25, 0.3) is 0 Å². The molecule has 8 heteroatoms. The summed E-state index contributed by atoms with van der Waals surface area (Å²) in [5.41, 5.74) is -0.659. The number of aliphatic hydroxyl groups is 1. The maximum Gasteiger partial charge on any atom is 0.264 e. The predicted octanol–water partition coefficient (Wildman–Crippen LogP) is 2.80. The highest BCUT2D eigenvalue weighted by atomic mass is 127. The predicted molar refractivity (Wildman–Crippen MR) is 105 cm³/mol. The van der Waals surface area contributed by atoms with Crippen molar-refractivity contribution in [3.8, 4) is 0 Å². The zero-order valence-corrected chi connectivity index (χ0v) is 18.2. The largest absolute Gasteiger partial charge is 0.410 e. The normalized spacial score (nSPS) is 31.6. The number of nitrogens with one attached hydrogen (secondary N) is 1. The first kappa shape index (κ1) is 19.2. The fourth-order valence-electron chi connectivity index (χ4n) is 3.27. The van der Waals surface area contributed by atoms with E-state index in [1.54, 1.807) is 19.9 Å². The molecule has 2 aliphatic rings.